The molecule has 0 unspecified atom stereocenters. The molecule has 0 aliphatic carbocycles. The molecular formula is C10H15N3. The van der Waals surface area contributed by atoms with E-state index in [1.165, 1.54) is 19.3 Å². The summed E-state index contributed by atoms with van der Waals surface area (Å²) in [6, 6.07) is 3.99. The Bertz CT molecular complexity index is 279. The fraction of sp³-hybridized carbons (Fsp3) is 0.500. The molecule has 2 N–H and O–H groups in total. The molecule has 1 saturated heterocycles. The van der Waals surface area contributed by atoms with Crippen molar-refractivity contribution in [3.8, 4) is 0 Å². The van der Waals surface area contributed by atoms with Gasteiger partial charge < -0.3 is 10.6 Å². The topological polar surface area (TPSA) is 42.1 Å². The fourth-order valence-corrected chi connectivity index (χ4v) is 1.81. The summed E-state index contributed by atoms with van der Waals surface area (Å²) in [5.41, 5.74) is 6.90. The second kappa shape index (κ2) is 3.64. The Morgan fingerprint density at radius 3 is 2.69 bits per heavy atom. The molecule has 0 atom stereocenters. The van der Waals surface area contributed by atoms with Gasteiger partial charge >= 0.3 is 0 Å². The molecule has 0 bridgehead atoms. The first-order valence-electron chi connectivity index (χ1n) is 4.83. The van der Waals surface area contributed by atoms with Crippen molar-refractivity contribution in [2.24, 2.45) is 0 Å². The molecule has 2 heterocycles. The van der Waals surface area contributed by atoms with E-state index < -0.39 is 0 Å². The van der Waals surface area contributed by atoms with Gasteiger partial charge in [-0.1, -0.05) is 0 Å². The number of nitrogens with zero attached hydrogens (tertiary/aromatic N) is 2. The van der Waals surface area contributed by atoms with Gasteiger partial charge in [-0.15, -0.1) is 0 Å². The number of hydrogen-bond acceptors (Lipinski definition) is 3. The van der Waals surface area contributed by atoms with Crippen LogP contribution in [0.3, 0.4) is 0 Å². The molecule has 0 aromatic carbocycles. The van der Waals surface area contributed by atoms with Crippen LogP contribution in [0.4, 0.5) is 11.5 Å². The lowest BCUT2D eigenvalue weighted by Gasteiger charge is -2.29. The summed E-state index contributed by atoms with van der Waals surface area (Å²) in [7, 11) is 0. The molecule has 1 aliphatic heterocycles. The SMILES string of the molecule is Nc1ncccc1N1CCCCC1. The molecule has 0 amide bonds. The van der Waals surface area contributed by atoms with Gasteiger partial charge in [-0.25, -0.2) is 4.98 Å². The van der Waals surface area contributed by atoms with E-state index in [0.717, 1.165) is 18.8 Å². The third kappa shape index (κ3) is 1.74. The van der Waals surface area contributed by atoms with E-state index in [1.807, 2.05) is 12.1 Å². The van der Waals surface area contributed by atoms with Gasteiger partial charge in [-0.05, 0) is 31.4 Å². The molecule has 0 spiro atoms. The lowest BCUT2D eigenvalue weighted by Crippen LogP contribution is -2.30. The average Bonchev–Trinajstić information content (AvgIpc) is 2.20. The highest BCUT2D eigenvalue weighted by atomic mass is 15.2. The van der Waals surface area contributed by atoms with Crippen LogP contribution < -0.4 is 10.6 Å². The van der Waals surface area contributed by atoms with Crippen molar-refractivity contribution in [3.63, 3.8) is 0 Å². The van der Waals surface area contributed by atoms with E-state index in [2.05, 4.69) is 9.88 Å². The first-order valence-corrected chi connectivity index (χ1v) is 4.83. The average molecular weight is 177 g/mol. The van der Waals surface area contributed by atoms with E-state index in [-0.39, 0.29) is 0 Å². The second-order valence-corrected chi connectivity index (χ2v) is 3.46. The summed E-state index contributed by atoms with van der Waals surface area (Å²) in [6.45, 7) is 2.24. The maximum atomic E-state index is 5.80. The fourth-order valence-electron chi connectivity index (χ4n) is 1.81. The molecule has 3 heteroatoms. The smallest absolute Gasteiger partial charge is 0.146 e. The minimum absolute atomic E-state index is 0.657. The van der Waals surface area contributed by atoms with Crippen LogP contribution in [0, 0.1) is 0 Å². The third-order valence-electron chi connectivity index (χ3n) is 2.51. The van der Waals surface area contributed by atoms with E-state index in [0.29, 0.717) is 5.82 Å². The standard InChI is InChI=1S/C10H15N3/c11-10-9(5-4-6-12-10)13-7-2-1-3-8-13/h4-6H,1-3,7-8H2,(H2,11,12). The summed E-state index contributed by atoms with van der Waals surface area (Å²) < 4.78 is 0. The van der Waals surface area contributed by atoms with E-state index in [9.17, 15) is 0 Å². The molecule has 70 valence electrons. The van der Waals surface area contributed by atoms with E-state index in [4.69, 9.17) is 5.73 Å². The van der Waals surface area contributed by atoms with Crippen LogP contribution >= 0.6 is 0 Å². The Morgan fingerprint density at radius 1 is 1.23 bits per heavy atom. The van der Waals surface area contributed by atoms with Crippen LogP contribution in [0.25, 0.3) is 0 Å². The number of aromatic nitrogens is 1. The van der Waals surface area contributed by atoms with Crippen LogP contribution in [0.2, 0.25) is 0 Å². The quantitative estimate of drug-likeness (QED) is 0.709. The summed E-state index contributed by atoms with van der Waals surface area (Å²) in [5.74, 6) is 0.657. The molecule has 13 heavy (non-hydrogen) atoms. The predicted molar refractivity (Wildman–Crippen MR) is 54.7 cm³/mol. The van der Waals surface area contributed by atoms with Crippen LogP contribution in [0.1, 0.15) is 19.3 Å². The van der Waals surface area contributed by atoms with Crippen molar-refractivity contribution in [1.29, 1.82) is 0 Å². The summed E-state index contributed by atoms with van der Waals surface area (Å²) in [5, 5.41) is 0. The highest BCUT2D eigenvalue weighted by Gasteiger charge is 2.12. The molecular weight excluding hydrogens is 162 g/mol. The van der Waals surface area contributed by atoms with Gasteiger partial charge in [0, 0.05) is 19.3 Å². The minimum atomic E-state index is 0.657. The Balaban J connectivity index is 2.18. The van der Waals surface area contributed by atoms with Crippen molar-refractivity contribution < 1.29 is 0 Å². The molecule has 3 nitrogen and oxygen atoms in total. The van der Waals surface area contributed by atoms with Crippen LogP contribution in [0.15, 0.2) is 18.3 Å². The highest BCUT2D eigenvalue weighted by molar-refractivity contribution is 5.62. The van der Waals surface area contributed by atoms with E-state index >= 15 is 0 Å². The maximum Gasteiger partial charge on any atom is 0.146 e. The summed E-state index contributed by atoms with van der Waals surface area (Å²) >= 11 is 0. The van der Waals surface area contributed by atoms with Crippen molar-refractivity contribution in [2.75, 3.05) is 23.7 Å². The maximum absolute atomic E-state index is 5.80. The summed E-state index contributed by atoms with van der Waals surface area (Å²) in [4.78, 5) is 6.42. The normalized spacial score (nSPS) is 17.4. The van der Waals surface area contributed by atoms with Gasteiger partial charge in [0.25, 0.3) is 0 Å². The molecule has 2 rings (SSSR count). The van der Waals surface area contributed by atoms with Crippen molar-refractivity contribution in [2.45, 2.75) is 19.3 Å². The Labute approximate surface area is 78.6 Å². The highest BCUT2D eigenvalue weighted by Crippen LogP contribution is 2.23. The lowest BCUT2D eigenvalue weighted by molar-refractivity contribution is 0.578. The van der Waals surface area contributed by atoms with Gasteiger partial charge in [-0.2, -0.15) is 0 Å². The molecule has 1 aromatic rings. The summed E-state index contributed by atoms with van der Waals surface area (Å²) in [6.07, 6.45) is 5.63. The zero-order valence-electron chi connectivity index (χ0n) is 7.74. The molecule has 1 aromatic heterocycles. The van der Waals surface area contributed by atoms with Crippen molar-refractivity contribution >= 4 is 11.5 Å². The number of nitrogens with two attached hydrogens (primary N) is 1. The Kier molecular flexibility index (Phi) is 2.34. The Hall–Kier alpha value is -1.25. The van der Waals surface area contributed by atoms with Gasteiger partial charge in [0.05, 0.1) is 5.69 Å². The first-order chi connectivity index (χ1) is 6.38. The van der Waals surface area contributed by atoms with Gasteiger partial charge in [0.1, 0.15) is 5.82 Å². The number of rotatable bonds is 1. The predicted octanol–water partition coefficient (Wildman–Crippen LogP) is 1.65. The number of nitrogen functional groups attached to an aromatic ring is 1. The number of hydrogen-bond donors (Lipinski definition) is 1. The van der Waals surface area contributed by atoms with Crippen LogP contribution in [-0.4, -0.2) is 18.1 Å². The second-order valence-electron chi connectivity index (χ2n) is 3.46. The van der Waals surface area contributed by atoms with E-state index in [1.54, 1.807) is 6.20 Å². The minimum Gasteiger partial charge on any atom is -0.382 e. The number of piperidine rings is 1. The first kappa shape index (κ1) is 8.35. The zero-order chi connectivity index (χ0) is 9.10. The Morgan fingerprint density at radius 2 is 2.00 bits per heavy atom. The molecule has 1 aliphatic rings. The lowest BCUT2D eigenvalue weighted by atomic mass is 10.1. The van der Waals surface area contributed by atoms with Gasteiger partial charge in [0.2, 0.25) is 0 Å². The third-order valence-corrected chi connectivity index (χ3v) is 2.51. The zero-order valence-corrected chi connectivity index (χ0v) is 7.74. The number of anilines is 2. The van der Waals surface area contributed by atoms with Crippen LogP contribution in [0.5, 0.6) is 0 Å². The van der Waals surface area contributed by atoms with Gasteiger partial charge in [0.15, 0.2) is 0 Å². The largest absolute Gasteiger partial charge is 0.382 e. The molecule has 1 fully saturated rings. The monoisotopic (exact) mass is 177 g/mol. The molecule has 0 saturated carbocycles. The molecule has 0 radical (unpaired) electrons. The number of pyridine rings is 1. The van der Waals surface area contributed by atoms with Crippen LogP contribution in [-0.2, 0) is 0 Å². The van der Waals surface area contributed by atoms with Crippen molar-refractivity contribution in [3.05, 3.63) is 18.3 Å². The van der Waals surface area contributed by atoms with Gasteiger partial charge in [-0.3, -0.25) is 0 Å². The van der Waals surface area contributed by atoms with Crippen molar-refractivity contribution in [1.82, 2.24) is 4.98 Å².